The lowest BCUT2D eigenvalue weighted by Crippen LogP contribution is -2.32. The fraction of sp³-hybridized carbons (Fsp3) is 0.0625. The van der Waals surface area contributed by atoms with Crippen molar-refractivity contribution in [2.24, 2.45) is 5.84 Å². The van der Waals surface area contributed by atoms with Crippen LogP contribution in [-0.2, 0) is 0 Å². The standard InChI is InChI=1S/C16H15N5O/c1-12-7-5-6-10-14(12)20-11-18-15(19-16(20)22)21(17)13-8-3-2-4-9-13/h2-11H,17H2,1H3. The van der Waals surface area contributed by atoms with E-state index in [1.807, 2.05) is 61.5 Å². The molecule has 0 fully saturated rings. The van der Waals surface area contributed by atoms with Crippen LogP contribution >= 0.6 is 0 Å². The molecule has 0 radical (unpaired) electrons. The van der Waals surface area contributed by atoms with Crippen molar-refractivity contribution < 1.29 is 0 Å². The molecule has 0 aliphatic carbocycles. The highest BCUT2D eigenvalue weighted by molar-refractivity contribution is 5.54. The van der Waals surface area contributed by atoms with Gasteiger partial charge in [0.05, 0.1) is 11.4 Å². The van der Waals surface area contributed by atoms with Crippen LogP contribution in [0.25, 0.3) is 5.69 Å². The molecule has 22 heavy (non-hydrogen) atoms. The van der Waals surface area contributed by atoms with Gasteiger partial charge in [0.25, 0.3) is 5.95 Å². The fourth-order valence-electron chi connectivity index (χ4n) is 2.15. The molecule has 6 nitrogen and oxygen atoms in total. The van der Waals surface area contributed by atoms with Crippen molar-refractivity contribution in [3.8, 4) is 5.69 Å². The minimum atomic E-state index is -0.425. The highest BCUT2D eigenvalue weighted by Crippen LogP contribution is 2.16. The van der Waals surface area contributed by atoms with Crippen LogP contribution in [0.1, 0.15) is 5.56 Å². The summed E-state index contributed by atoms with van der Waals surface area (Å²) in [6, 6.07) is 16.8. The van der Waals surface area contributed by atoms with Crippen molar-refractivity contribution in [2.75, 3.05) is 5.01 Å². The number of hydrogen-bond acceptors (Lipinski definition) is 5. The molecule has 3 aromatic rings. The number of nitrogens with two attached hydrogens (primary N) is 1. The third kappa shape index (κ3) is 2.59. The summed E-state index contributed by atoms with van der Waals surface area (Å²) in [6.07, 6.45) is 1.44. The highest BCUT2D eigenvalue weighted by Gasteiger charge is 2.11. The fourth-order valence-corrected chi connectivity index (χ4v) is 2.15. The largest absolute Gasteiger partial charge is 0.356 e. The van der Waals surface area contributed by atoms with Crippen LogP contribution in [0.15, 0.2) is 65.7 Å². The summed E-state index contributed by atoms with van der Waals surface area (Å²) in [5, 5.41) is 1.28. The number of aromatic nitrogens is 3. The van der Waals surface area contributed by atoms with Crippen LogP contribution in [0.3, 0.4) is 0 Å². The molecule has 0 saturated heterocycles. The molecule has 0 saturated carbocycles. The van der Waals surface area contributed by atoms with E-state index in [1.165, 1.54) is 15.9 Å². The lowest BCUT2D eigenvalue weighted by atomic mass is 10.2. The van der Waals surface area contributed by atoms with Crippen LogP contribution < -0.4 is 16.5 Å². The Morgan fingerprint density at radius 1 is 1.05 bits per heavy atom. The Labute approximate surface area is 127 Å². The van der Waals surface area contributed by atoms with Crippen molar-refractivity contribution in [3.63, 3.8) is 0 Å². The monoisotopic (exact) mass is 293 g/mol. The van der Waals surface area contributed by atoms with Crippen LogP contribution in [0.5, 0.6) is 0 Å². The molecule has 0 aliphatic rings. The van der Waals surface area contributed by atoms with Crippen LogP contribution in [0, 0.1) is 6.92 Å². The number of anilines is 2. The zero-order chi connectivity index (χ0) is 15.5. The van der Waals surface area contributed by atoms with Crippen molar-refractivity contribution in [3.05, 3.63) is 77.0 Å². The van der Waals surface area contributed by atoms with E-state index in [0.29, 0.717) is 5.69 Å². The van der Waals surface area contributed by atoms with Crippen LogP contribution in [-0.4, -0.2) is 14.5 Å². The normalized spacial score (nSPS) is 10.5. The first kappa shape index (κ1) is 14.0. The van der Waals surface area contributed by atoms with E-state index in [-0.39, 0.29) is 5.95 Å². The first-order valence-electron chi connectivity index (χ1n) is 6.78. The number of hydrogen-bond donors (Lipinski definition) is 1. The molecule has 110 valence electrons. The number of rotatable bonds is 3. The average molecular weight is 293 g/mol. The van der Waals surface area contributed by atoms with Crippen molar-refractivity contribution in [1.29, 1.82) is 0 Å². The van der Waals surface area contributed by atoms with E-state index in [9.17, 15) is 4.79 Å². The molecule has 0 spiro atoms. The van der Waals surface area contributed by atoms with Gasteiger partial charge < -0.3 is 0 Å². The third-order valence-corrected chi connectivity index (χ3v) is 3.32. The second-order valence-electron chi connectivity index (χ2n) is 4.80. The summed E-state index contributed by atoms with van der Waals surface area (Å²) in [4.78, 5) is 20.4. The zero-order valence-corrected chi connectivity index (χ0v) is 12.0. The molecular formula is C16H15N5O. The predicted octanol–water partition coefficient (Wildman–Crippen LogP) is 1.95. The number of hydrazine groups is 1. The number of benzene rings is 2. The van der Waals surface area contributed by atoms with Crippen LogP contribution in [0.4, 0.5) is 11.6 Å². The first-order valence-corrected chi connectivity index (χ1v) is 6.78. The summed E-state index contributed by atoms with van der Waals surface area (Å²) in [7, 11) is 0. The van der Waals surface area contributed by atoms with Crippen molar-refractivity contribution in [2.45, 2.75) is 6.92 Å². The molecule has 3 rings (SSSR count). The molecule has 0 bridgehead atoms. The van der Waals surface area contributed by atoms with Gasteiger partial charge in [-0.2, -0.15) is 4.98 Å². The Kier molecular flexibility index (Phi) is 3.67. The number of para-hydroxylation sites is 2. The SMILES string of the molecule is Cc1ccccc1-n1cnc(N(N)c2ccccc2)nc1=O. The summed E-state index contributed by atoms with van der Waals surface area (Å²) in [5.74, 6) is 6.12. The Morgan fingerprint density at radius 3 is 2.41 bits per heavy atom. The zero-order valence-electron chi connectivity index (χ0n) is 12.0. The van der Waals surface area contributed by atoms with E-state index < -0.39 is 5.69 Å². The van der Waals surface area contributed by atoms with Gasteiger partial charge >= 0.3 is 5.69 Å². The van der Waals surface area contributed by atoms with E-state index >= 15 is 0 Å². The van der Waals surface area contributed by atoms with Gasteiger partial charge in [0.2, 0.25) is 0 Å². The Balaban J connectivity index is 2.00. The lowest BCUT2D eigenvalue weighted by molar-refractivity contribution is 0.829. The second-order valence-corrected chi connectivity index (χ2v) is 4.80. The molecule has 0 aliphatic heterocycles. The van der Waals surface area contributed by atoms with E-state index in [1.54, 1.807) is 0 Å². The van der Waals surface area contributed by atoms with Gasteiger partial charge in [-0.05, 0) is 30.7 Å². The van der Waals surface area contributed by atoms with Gasteiger partial charge in [0, 0.05) is 0 Å². The Hall–Kier alpha value is -2.99. The topological polar surface area (TPSA) is 77.0 Å². The third-order valence-electron chi connectivity index (χ3n) is 3.32. The van der Waals surface area contributed by atoms with Gasteiger partial charge in [-0.1, -0.05) is 36.4 Å². The highest BCUT2D eigenvalue weighted by atomic mass is 16.1. The van der Waals surface area contributed by atoms with E-state index in [2.05, 4.69) is 9.97 Å². The Morgan fingerprint density at radius 2 is 1.73 bits per heavy atom. The second kappa shape index (κ2) is 5.79. The molecule has 2 N–H and O–H groups in total. The predicted molar refractivity (Wildman–Crippen MR) is 85.1 cm³/mol. The molecule has 1 aromatic heterocycles. The van der Waals surface area contributed by atoms with Gasteiger partial charge in [-0.25, -0.2) is 20.6 Å². The van der Waals surface area contributed by atoms with Crippen molar-refractivity contribution in [1.82, 2.24) is 14.5 Å². The van der Waals surface area contributed by atoms with E-state index in [0.717, 1.165) is 11.3 Å². The lowest BCUT2D eigenvalue weighted by Gasteiger charge is -2.16. The molecule has 0 unspecified atom stereocenters. The van der Waals surface area contributed by atoms with Crippen LogP contribution in [0.2, 0.25) is 0 Å². The minimum absolute atomic E-state index is 0.154. The number of aryl methyl sites for hydroxylation is 1. The molecule has 2 aromatic carbocycles. The summed E-state index contributed by atoms with van der Waals surface area (Å²) in [6.45, 7) is 1.93. The maximum atomic E-state index is 12.3. The number of nitrogens with zero attached hydrogens (tertiary/aromatic N) is 4. The maximum absolute atomic E-state index is 12.3. The Bertz CT molecular complexity index is 844. The quantitative estimate of drug-likeness (QED) is 0.590. The molecule has 6 heteroatoms. The van der Waals surface area contributed by atoms with Gasteiger partial charge in [0.1, 0.15) is 6.33 Å². The van der Waals surface area contributed by atoms with Gasteiger partial charge in [-0.15, -0.1) is 0 Å². The van der Waals surface area contributed by atoms with Gasteiger partial charge in [0.15, 0.2) is 0 Å². The average Bonchev–Trinajstić information content (AvgIpc) is 2.56. The molecule has 0 amide bonds. The van der Waals surface area contributed by atoms with E-state index in [4.69, 9.17) is 5.84 Å². The summed E-state index contributed by atoms with van der Waals surface area (Å²) < 4.78 is 1.40. The van der Waals surface area contributed by atoms with Crippen molar-refractivity contribution >= 4 is 11.6 Å². The van der Waals surface area contributed by atoms with Gasteiger partial charge in [-0.3, -0.25) is 4.57 Å². The minimum Gasteiger partial charge on any atom is -0.251 e. The molecular weight excluding hydrogens is 278 g/mol. The smallest absolute Gasteiger partial charge is 0.251 e. The molecule has 1 heterocycles. The first-order chi connectivity index (χ1) is 10.7. The maximum Gasteiger partial charge on any atom is 0.356 e. The molecule has 0 atom stereocenters. The summed E-state index contributed by atoms with van der Waals surface area (Å²) in [5.41, 5.74) is 2.00. The summed E-state index contributed by atoms with van der Waals surface area (Å²) >= 11 is 0.